The Bertz CT molecular complexity index is 1050. The zero-order valence-electron chi connectivity index (χ0n) is 15.8. The van der Waals surface area contributed by atoms with Crippen molar-refractivity contribution in [2.24, 2.45) is 0 Å². The number of amides is 2. The van der Waals surface area contributed by atoms with Crippen LogP contribution in [-0.4, -0.2) is 34.5 Å². The van der Waals surface area contributed by atoms with Crippen molar-refractivity contribution in [2.75, 3.05) is 11.9 Å². The topological polar surface area (TPSA) is 84.0 Å². The molecule has 1 aromatic carbocycles. The van der Waals surface area contributed by atoms with Crippen molar-refractivity contribution in [3.8, 4) is 10.7 Å². The zero-order chi connectivity index (χ0) is 21.7. The number of hydrogen-bond acceptors (Lipinski definition) is 5. The molecule has 0 radical (unpaired) electrons. The van der Waals surface area contributed by atoms with Gasteiger partial charge in [-0.15, -0.1) is 11.3 Å². The Hall–Kier alpha value is -3.27. The van der Waals surface area contributed by atoms with E-state index in [-0.39, 0.29) is 17.9 Å². The lowest BCUT2D eigenvalue weighted by Gasteiger charge is -2.12. The maximum Gasteiger partial charge on any atom is 0.405 e. The van der Waals surface area contributed by atoms with Crippen molar-refractivity contribution in [3.63, 3.8) is 0 Å². The van der Waals surface area contributed by atoms with Gasteiger partial charge in [0.25, 0.3) is 5.91 Å². The molecule has 3 rings (SSSR count). The quantitative estimate of drug-likeness (QED) is 0.615. The van der Waals surface area contributed by atoms with Crippen molar-refractivity contribution in [2.45, 2.75) is 19.5 Å². The number of benzene rings is 1. The van der Waals surface area contributed by atoms with Crippen LogP contribution >= 0.6 is 11.3 Å². The number of carbonyl (C=O) groups is 2. The van der Waals surface area contributed by atoms with Gasteiger partial charge in [-0.1, -0.05) is 12.1 Å². The standard InChI is InChI=1S/C20H17F3N4O2S/c1-12-5-6-13(18(29)25-11-20(21,22)23)8-16(12)27-17(28)9-14-10-30-19(26-14)15-4-2-3-7-24-15/h2-8,10H,9,11H2,1H3,(H,25,29)(H,27,28). The van der Waals surface area contributed by atoms with Crippen LogP contribution in [0.1, 0.15) is 21.6 Å². The molecular weight excluding hydrogens is 417 g/mol. The fourth-order valence-corrected chi connectivity index (χ4v) is 3.33. The molecule has 0 spiro atoms. The highest BCUT2D eigenvalue weighted by molar-refractivity contribution is 7.13. The first-order valence-corrected chi connectivity index (χ1v) is 9.70. The maximum atomic E-state index is 12.4. The Balaban J connectivity index is 1.65. The molecule has 0 saturated carbocycles. The summed E-state index contributed by atoms with van der Waals surface area (Å²) in [6.45, 7) is 0.291. The summed E-state index contributed by atoms with van der Waals surface area (Å²) >= 11 is 1.37. The van der Waals surface area contributed by atoms with E-state index >= 15 is 0 Å². The van der Waals surface area contributed by atoms with Gasteiger partial charge in [-0.05, 0) is 36.8 Å². The summed E-state index contributed by atoms with van der Waals surface area (Å²) in [5.41, 5.74) is 2.31. The Morgan fingerprint density at radius 1 is 1.17 bits per heavy atom. The highest BCUT2D eigenvalue weighted by Gasteiger charge is 2.28. The predicted octanol–water partition coefficient (Wildman–Crippen LogP) is 3.99. The molecule has 0 bridgehead atoms. The summed E-state index contributed by atoms with van der Waals surface area (Å²) in [5.74, 6) is -1.23. The summed E-state index contributed by atoms with van der Waals surface area (Å²) < 4.78 is 36.9. The predicted molar refractivity (Wildman–Crippen MR) is 107 cm³/mol. The van der Waals surface area contributed by atoms with Gasteiger partial charge in [0.05, 0.1) is 17.8 Å². The van der Waals surface area contributed by atoms with E-state index in [1.807, 2.05) is 12.1 Å². The largest absolute Gasteiger partial charge is 0.405 e. The molecule has 10 heteroatoms. The van der Waals surface area contributed by atoms with Gasteiger partial charge in [-0.3, -0.25) is 14.6 Å². The number of halogens is 3. The number of pyridine rings is 1. The van der Waals surface area contributed by atoms with Gasteiger partial charge in [-0.25, -0.2) is 4.98 Å². The molecule has 0 aliphatic carbocycles. The molecule has 0 saturated heterocycles. The molecule has 0 aliphatic rings. The van der Waals surface area contributed by atoms with Crippen molar-refractivity contribution >= 4 is 28.8 Å². The summed E-state index contributed by atoms with van der Waals surface area (Å²) in [7, 11) is 0. The summed E-state index contributed by atoms with van der Waals surface area (Å²) in [4.78, 5) is 33.0. The van der Waals surface area contributed by atoms with E-state index in [2.05, 4.69) is 15.3 Å². The number of anilines is 1. The van der Waals surface area contributed by atoms with Crippen LogP contribution in [0, 0.1) is 6.92 Å². The number of carbonyl (C=O) groups excluding carboxylic acids is 2. The third-order valence-electron chi connectivity index (χ3n) is 4.00. The van der Waals surface area contributed by atoms with Crippen LogP contribution in [0.2, 0.25) is 0 Å². The maximum absolute atomic E-state index is 12.4. The summed E-state index contributed by atoms with van der Waals surface area (Å²) in [6, 6.07) is 9.76. The average molecular weight is 434 g/mol. The second-order valence-electron chi connectivity index (χ2n) is 6.41. The second kappa shape index (κ2) is 9.04. The number of aryl methyl sites for hydroxylation is 1. The van der Waals surface area contributed by atoms with Gasteiger partial charge < -0.3 is 10.6 Å². The highest BCUT2D eigenvalue weighted by atomic mass is 32.1. The number of nitrogens with zero attached hydrogens (tertiary/aromatic N) is 2. The number of hydrogen-bond donors (Lipinski definition) is 2. The van der Waals surface area contributed by atoms with E-state index < -0.39 is 18.6 Å². The highest BCUT2D eigenvalue weighted by Crippen LogP contribution is 2.22. The van der Waals surface area contributed by atoms with Crippen LogP contribution in [0.15, 0.2) is 48.0 Å². The van der Waals surface area contributed by atoms with E-state index in [1.165, 1.54) is 23.5 Å². The Morgan fingerprint density at radius 3 is 2.67 bits per heavy atom. The smallest absolute Gasteiger partial charge is 0.343 e. The first-order chi connectivity index (χ1) is 14.2. The van der Waals surface area contributed by atoms with Gasteiger partial charge in [0, 0.05) is 22.8 Å². The second-order valence-corrected chi connectivity index (χ2v) is 7.27. The lowest BCUT2D eigenvalue weighted by molar-refractivity contribution is -0.123. The molecule has 2 aromatic heterocycles. The Kier molecular flexibility index (Phi) is 6.46. The van der Waals surface area contributed by atoms with E-state index in [0.29, 0.717) is 27.6 Å². The average Bonchev–Trinajstić information content (AvgIpc) is 3.16. The zero-order valence-corrected chi connectivity index (χ0v) is 16.6. The lowest BCUT2D eigenvalue weighted by atomic mass is 10.1. The fraction of sp³-hybridized carbons (Fsp3) is 0.200. The SMILES string of the molecule is Cc1ccc(C(=O)NCC(F)(F)F)cc1NC(=O)Cc1csc(-c2ccccn2)n1. The third kappa shape index (κ3) is 5.86. The van der Waals surface area contributed by atoms with Gasteiger partial charge in [0.15, 0.2) is 0 Å². The van der Waals surface area contributed by atoms with Crippen LogP contribution in [0.5, 0.6) is 0 Å². The molecular formula is C20H17F3N4O2S. The van der Waals surface area contributed by atoms with E-state index in [9.17, 15) is 22.8 Å². The molecule has 2 amide bonds. The minimum atomic E-state index is -4.50. The Labute approximate surface area is 174 Å². The normalized spacial score (nSPS) is 11.2. The van der Waals surface area contributed by atoms with E-state index in [4.69, 9.17) is 0 Å². The van der Waals surface area contributed by atoms with Gasteiger partial charge in [0.1, 0.15) is 11.6 Å². The molecule has 6 nitrogen and oxygen atoms in total. The molecule has 3 aromatic rings. The molecule has 0 aliphatic heterocycles. The molecule has 0 atom stereocenters. The minimum absolute atomic E-state index is 0.00721. The number of nitrogens with one attached hydrogen (secondary N) is 2. The van der Waals surface area contributed by atoms with E-state index in [0.717, 1.165) is 0 Å². The number of aromatic nitrogens is 2. The van der Waals surface area contributed by atoms with Crippen LogP contribution in [0.4, 0.5) is 18.9 Å². The van der Waals surface area contributed by atoms with Crippen molar-refractivity contribution in [1.82, 2.24) is 15.3 Å². The van der Waals surface area contributed by atoms with Crippen LogP contribution in [0.25, 0.3) is 10.7 Å². The number of thiazole rings is 1. The molecule has 0 unspecified atom stereocenters. The lowest BCUT2D eigenvalue weighted by Crippen LogP contribution is -2.33. The van der Waals surface area contributed by atoms with Crippen LogP contribution < -0.4 is 10.6 Å². The van der Waals surface area contributed by atoms with Gasteiger partial charge >= 0.3 is 6.18 Å². The molecule has 0 fully saturated rings. The molecule has 2 heterocycles. The Morgan fingerprint density at radius 2 is 1.97 bits per heavy atom. The number of rotatable bonds is 6. The first kappa shape index (κ1) is 21.4. The fourth-order valence-electron chi connectivity index (χ4n) is 2.53. The van der Waals surface area contributed by atoms with Crippen molar-refractivity contribution in [1.29, 1.82) is 0 Å². The van der Waals surface area contributed by atoms with Crippen molar-refractivity contribution < 1.29 is 22.8 Å². The van der Waals surface area contributed by atoms with Crippen LogP contribution in [-0.2, 0) is 11.2 Å². The van der Waals surface area contributed by atoms with Gasteiger partial charge in [-0.2, -0.15) is 13.2 Å². The summed E-state index contributed by atoms with van der Waals surface area (Å²) in [6.07, 6.45) is -2.84. The minimum Gasteiger partial charge on any atom is -0.343 e. The van der Waals surface area contributed by atoms with Crippen LogP contribution in [0.3, 0.4) is 0 Å². The number of alkyl halides is 3. The molecule has 156 valence electrons. The molecule has 2 N–H and O–H groups in total. The monoisotopic (exact) mass is 434 g/mol. The third-order valence-corrected chi connectivity index (χ3v) is 4.91. The van der Waals surface area contributed by atoms with Crippen molar-refractivity contribution in [3.05, 3.63) is 64.8 Å². The summed E-state index contributed by atoms with van der Waals surface area (Å²) in [5, 5.41) is 6.94. The molecule has 30 heavy (non-hydrogen) atoms. The van der Waals surface area contributed by atoms with E-state index in [1.54, 1.807) is 36.0 Å². The van der Waals surface area contributed by atoms with Gasteiger partial charge in [0.2, 0.25) is 5.91 Å². The first-order valence-electron chi connectivity index (χ1n) is 8.82.